The number of rotatable bonds is 5. The van der Waals surface area contributed by atoms with E-state index in [2.05, 4.69) is 51.1 Å². The molecular formula is C30H38O4. The van der Waals surface area contributed by atoms with Gasteiger partial charge in [-0.2, -0.15) is 0 Å². The van der Waals surface area contributed by atoms with Crippen LogP contribution in [0.15, 0.2) is 36.4 Å². The van der Waals surface area contributed by atoms with E-state index in [9.17, 15) is 9.59 Å². The van der Waals surface area contributed by atoms with Crippen LogP contribution >= 0.6 is 0 Å². The molecule has 3 fully saturated rings. The molecule has 3 saturated carbocycles. The van der Waals surface area contributed by atoms with Gasteiger partial charge in [-0.05, 0) is 78.3 Å². The topological polar surface area (TPSA) is 52.6 Å². The van der Waals surface area contributed by atoms with Crippen LogP contribution in [0.2, 0.25) is 0 Å². The van der Waals surface area contributed by atoms with Crippen LogP contribution in [0, 0.1) is 23.2 Å². The molecule has 5 atom stereocenters. The maximum absolute atomic E-state index is 13.6. The average molecular weight is 463 g/mol. The number of fused-ring (bicyclic) bond motifs is 2. The monoisotopic (exact) mass is 462 g/mol. The molecule has 3 aliphatic rings. The maximum Gasteiger partial charge on any atom is 0.313 e. The number of benzene rings is 2. The van der Waals surface area contributed by atoms with E-state index < -0.39 is 5.41 Å². The van der Waals surface area contributed by atoms with Gasteiger partial charge in [0.25, 0.3) is 0 Å². The first-order valence-electron chi connectivity index (χ1n) is 13.1. The lowest BCUT2D eigenvalue weighted by Gasteiger charge is -2.51. The Hall–Kier alpha value is -2.36. The molecule has 4 nitrogen and oxygen atoms in total. The van der Waals surface area contributed by atoms with Crippen molar-refractivity contribution in [3.8, 4) is 5.75 Å². The summed E-state index contributed by atoms with van der Waals surface area (Å²) in [5.74, 6) is 1.73. The number of ketones is 1. The van der Waals surface area contributed by atoms with E-state index in [4.69, 9.17) is 9.47 Å². The van der Waals surface area contributed by atoms with Gasteiger partial charge in [-0.1, -0.05) is 51.5 Å². The minimum absolute atomic E-state index is 0.0951. The average Bonchev–Trinajstić information content (AvgIpc) is 2.79. The molecular weight excluding hydrogens is 424 g/mol. The highest BCUT2D eigenvalue weighted by molar-refractivity contribution is 5.92. The van der Waals surface area contributed by atoms with Gasteiger partial charge in [0.05, 0.1) is 12.5 Å². The largest absolute Gasteiger partial charge is 0.497 e. The van der Waals surface area contributed by atoms with Crippen molar-refractivity contribution in [1.29, 1.82) is 0 Å². The molecule has 0 amide bonds. The second-order valence-electron chi connectivity index (χ2n) is 11.7. The van der Waals surface area contributed by atoms with Crippen molar-refractivity contribution in [3.63, 3.8) is 0 Å². The molecule has 0 radical (unpaired) electrons. The Labute approximate surface area is 203 Å². The first-order valence-corrected chi connectivity index (χ1v) is 13.1. The normalized spacial score (nSPS) is 31.5. The molecule has 5 rings (SSSR count). The molecule has 4 heteroatoms. The Morgan fingerprint density at radius 1 is 1.03 bits per heavy atom. The SMILES string of the molecule is COc1ccc2cc(C(C)(C)[C@@H]3CC[C@@H](C)C[C@H]3OC(=O)[C@]34CCCC(=O)[C@@H]3CC4)ccc2c1. The van der Waals surface area contributed by atoms with E-state index in [1.165, 1.54) is 10.9 Å². The maximum atomic E-state index is 13.6. The Kier molecular flexibility index (Phi) is 5.98. The van der Waals surface area contributed by atoms with Crippen molar-refractivity contribution < 1.29 is 19.1 Å². The lowest BCUT2D eigenvalue weighted by molar-refractivity contribution is -0.187. The van der Waals surface area contributed by atoms with Gasteiger partial charge in [0, 0.05) is 18.3 Å². The predicted molar refractivity (Wildman–Crippen MR) is 134 cm³/mol. The molecule has 34 heavy (non-hydrogen) atoms. The van der Waals surface area contributed by atoms with Crippen molar-refractivity contribution in [2.24, 2.45) is 23.2 Å². The van der Waals surface area contributed by atoms with Crippen LogP contribution in [0.25, 0.3) is 10.8 Å². The Morgan fingerprint density at radius 3 is 2.53 bits per heavy atom. The summed E-state index contributed by atoms with van der Waals surface area (Å²) in [7, 11) is 1.69. The standard InChI is InChI=1S/C30H38O4/c1-19-7-12-25(27(16-19)34-28(32)30-14-5-6-26(31)24(30)13-15-30)29(2,3)22-10-8-21-18-23(33-4)11-9-20(21)17-22/h8-11,17-19,24-25,27H,5-7,12-16H2,1-4H3/t19-,24+,25-,27-,30+/m1/s1. The summed E-state index contributed by atoms with van der Waals surface area (Å²) in [6.45, 7) is 6.86. The Bertz CT molecular complexity index is 1100. The number of ether oxygens (including phenoxy) is 2. The highest BCUT2D eigenvalue weighted by Gasteiger charge is 2.58. The number of hydrogen-bond donors (Lipinski definition) is 0. The summed E-state index contributed by atoms with van der Waals surface area (Å²) >= 11 is 0. The highest BCUT2D eigenvalue weighted by Crippen LogP contribution is 2.55. The smallest absolute Gasteiger partial charge is 0.313 e. The van der Waals surface area contributed by atoms with Crippen LogP contribution in [0.3, 0.4) is 0 Å². The lowest BCUT2D eigenvalue weighted by atomic mass is 9.53. The van der Waals surface area contributed by atoms with Crippen molar-refractivity contribution in [2.45, 2.75) is 83.7 Å². The summed E-state index contributed by atoms with van der Waals surface area (Å²) in [5.41, 5.74) is 0.601. The first kappa shape index (κ1) is 23.4. The number of esters is 1. The fourth-order valence-corrected chi connectivity index (χ4v) is 7.01. The van der Waals surface area contributed by atoms with Crippen LogP contribution in [0.4, 0.5) is 0 Å². The highest BCUT2D eigenvalue weighted by atomic mass is 16.5. The third-order valence-corrected chi connectivity index (χ3v) is 9.42. The van der Waals surface area contributed by atoms with Gasteiger partial charge in [0.1, 0.15) is 17.6 Å². The van der Waals surface area contributed by atoms with Crippen LogP contribution in [0.5, 0.6) is 5.75 Å². The quantitative estimate of drug-likeness (QED) is 0.468. The van der Waals surface area contributed by atoms with Crippen molar-refractivity contribution in [3.05, 3.63) is 42.0 Å². The van der Waals surface area contributed by atoms with Crippen molar-refractivity contribution >= 4 is 22.5 Å². The first-order chi connectivity index (χ1) is 16.2. The van der Waals surface area contributed by atoms with Gasteiger partial charge in [0.15, 0.2) is 0 Å². The van der Waals surface area contributed by atoms with Gasteiger partial charge >= 0.3 is 5.97 Å². The molecule has 0 spiro atoms. The molecule has 0 saturated heterocycles. The third-order valence-electron chi connectivity index (χ3n) is 9.42. The second kappa shape index (κ2) is 8.70. The van der Waals surface area contributed by atoms with E-state index in [0.717, 1.165) is 56.1 Å². The number of carbonyl (C=O) groups excluding carboxylic acids is 2. The van der Waals surface area contributed by atoms with Crippen LogP contribution in [-0.2, 0) is 19.7 Å². The molecule has 0 aromatic heterocycles. The molecule has 2 aromatic carbocycles. The van der Waals surface area contributed by atoms with Crippen molar-refractivity contribution in [2.75, 3.05) is 7.11 Å². The summed E-state index contributed by atoms with van der Waals surface area (Å²) < 4.78 is 11.8. The Morgan fingerprint density at radius 2 is 1.79 bits per heavy atom. The molecule has 0 heterocycles. The number of Topliss-reactive ketones (excluding diaryl/α,β-unsaturated/α-hetero) is 1. The van der Waals surface area contributed by atoms with Gasteiger partial charge in [-0.15, -0.1) is 0 Å². The molecule has 0 unspecified atom stereocenters. The van der Waals surface area contributed by atoms with Gasteiger partial charge in [0.2, 0.25) is 0 Å². The second-order valence-corrected chi connectivity index (χ2v) is 11.7. The minimum Gasteiger partial charge on any atom is -0.497 e. The summed E-state index contributed by atoms with van der Waals surface area (Å²) in [6, 6.07) is 12.9. The van der Waals surface area contributed by atoms with Gasteiger partial charge in [-0.3, -0.25) is 9.59 Å². The summed E-state index contributed by atoms with van der Waals surface area (Å²) in [6.07, 6.45) is 6.92. The molecule has 0 bridgehead atoms. The summed E-state index contributed by atoms with van der Waals surface area (Å²) in [4.78, 5) is 26.0. The van der Waals surface area contributed by atoms with E-state index in [1.807, 2.05) is 6.07 Å². The van der Waals surface area contributed by atoms with E-state index in [0.29, 0.717) is 12.3 Å². The van der Waals surface area contributed by atoms with E-state index >= 15 is 0 Å². The minimum atomic E-state index is -0.535. The van der Waals surface area contributed by atoms with Crippen molar-refractivity contribution in [1.82, 2.24) is 0 Å². The zero-order chi connectivity index (χ0) is 24.1. The van der Waals surface area contributed by atoms with Gasteiger partial charge in [-0.25, -0.2) is 0 Å². The number of methoxy groups -OCH3 is 1. The number of carbonyl (C=O) groups is 2. The molecule has 0 aliphatic heterocycles. The molecule has 2 aromatic rings. The fourth-order valence-electron chi connectivity index (χ4n) is 7.01. The molecule has 182 valence electrons. The van der Waals surface area contributed by atoms with E-state index in [1.54, 1.807) is 7.11 Å². The Balaban J connectivity index is 1.41. The zero-order valence-electron chi connectivity index (χ0n) is 21.1. The van der Waals surface area contributed by atoms with Crippen LogP contribution < -0.4 is 4.74 Å². The molecule has 3 aliphatic carbocycles. The predicted octanol–water partition coefficient (Wildman–Crippen LogP) is 6.62. The third kappa shape index (κ3) is 3.83. The lowest BCUT2D eigenvalue weighted by Crippen LogP contribution is -2.55. The number of hydrogen-bond acceptors (Lipinski definition) is 4. The zero-order valence-corrected chi connectivity index (χ0v) is 21.1. The van der Waals surface area contributed by atoms with E-state index in [-0.39, 0.29) is 35.1 Å². The van der Waals surface area contributed by atoms with Crippen LogP contribution in [-0.4, -0.2) is 25.0 Å². The molecule has 0 N–H and O–H groups in total. The fraction of sp³-hybridized carbons (Fsp3) is 0.600. The summed E-state index contributed by atoms with van der Waals surface area (Å²) in [5, 5.41) is 2.36. The van der Waals surface area contributed by atoms with Gasteiger partial charge < -0.3 is 9.47 Å². The van der Waals surface area contributed by atoms with Crippen LogP contribution in [0.1, 0.15) is 77.7 Å².